The monoisotopic (exact) mass is 423 g/mol. The van der Waals surface area contributed by atoms with E-state index in [1.54, 1.807) is 6.92 Å². The van der Waals surface area contributed by atoms with E-state index in [-0.39, 0.29) is 11.7 Å². The summed E-state index contributed by atoms with van der Waals surface area (Å²) in [5.41, 5.74) is 1.76. The smallest absolute Gasteiger partial charge is 0.307 e. The van der Waals surface area contributed by atoms with Gasteiger partial charge in [0, 0.05) is 14.7 Å². The number of thioether (sulfide) groups is 1. The molecule has 1 atom stereocenters. The second-order valence-corrected chi connectivity index (χ2v) is 7.15. The zero-order valence-corrected chi connectivity index (χ0v) is 15.1. The Hall–Kier alpha value is -0.530. The first-order valence-electron chi connectivity index (χ1n) is 5.87. The predicted octanol–water partition coefficient (Wildman–Crippen LogP) is 3.91. The van der Waals surface area contributed by atoms with Crippen LogP contribution in [0.4, 0.5) is 5.69 Å². The maximum absolute atomic E-state index is 11.8. The van der Waals surface area contributed by atoms with Crippen molar-refractivity contribution < 1.29 is 14.7 Å². The van der Waals surface area contributed by atoms with Crippen molar-refractivity contribution >= 4 is 61.2 Å². The SMILES string of the molecule is Cc1cc(Br)c(NC(=O)CSCC(C)C(=O)O)c(Br)c1. The van der Waals surface area contributed by atoms with Gasteiger partial charge in [-0.05, 0) is 56.5 Å². The number of carbonyl (C=O) groups excluding carboxylic acids is 1. The number of rotatable bonds is 6. The summed E-state index contributed by atoms with van der Waals surface area (Å²) < 4.78 is 1.61. The Morgan fingerprint density at radius 1 is 1.35 bits per heavy atom. The van der Waals surface area contributed by atoms with Gasteiger partial charge in [0.25, 0.3) is 0 Å². The third-order valence-corrected chi connectivity index (χ3v) is 4.93. The molecule has 1 unspecified atom stereocenters. The highest BCUT2D eigenvalue weighted by Gasteiger charge is 2.13. The van der Waals surface area contributed by atoms with Crippen LogP contribution in [-0.2, 0) is 9.59 Å². The zero-order valence-electron chi connectivity index (χ0n) is 11.1. The topological polar surface area (TPSA) is 66.4 Å². The molecule has 0 saturated heterocycles. The standard InChI is InChI=1S/C13H15Br2NO3S/c1-7-3-9(14)12(10(15)4-7)16-11(17)6-20-5-8(2)13(18)19/h3-4,8H,5-6H2,1-2H3,(H,16,17)(H,18,19). The fourth-order valence-corrected chi connectivity index (χ4v) is 3.88. The van der Waals surface area contributed by atoms with E-state index >= 15 is 0 Å². The van der Waals surface area contributed by atoms with E-state index in [4.69, 9.17) is 5.11 Å². The minimum atomic E-state index is -0.845. The van der Waals surface area contributed by atoms with E-state index in [2.05, 4.69) is 37.2 Å². The third-order valence-electron chi connectivity index (χ3n) is 2.47. The molecule has 0 fully saturated rings. The number of nitrogens with one attached hydrogen (secondary N) is 1. The molecule has 7 heteroatoms. The van der Waals surface area contributed by atoms with E-state index in [9.17, 15) is 9.59 Å². The third kappa shape index (κ3) is 5.46. The number of carbonyl (C=O) groups is 2. The first-order valence-corrected chi connectivity index (χ1v) is 8.61. The maximum atomic E-state index is 11.8. The minimum absolute atomic E-state index is 0.155. The molecule has 1 rings (SSSR count). The van der Waals surface area contributed by atoms with Crippen LogP contribution in [0.25, 0.3) is 0 Å². The second-order valence-electron chi connectivity index (χ2n) is 4.41. The normalized spacial score (nSPS) is 12.0. The second kappa shape index (κ2) is 8.05. The summed E-state index contributed by atoms with van der Waals surface area (Å²) >= 11 is 8.12. The first-order chi connectivity index (χ1) is 9.31. The van der Waals surface area contributed by atoms with E-state index < -0.39 is 11.9 Å². The summed E-state index contributed by atoms with van der Waals surface area (Å²) in [7, 11) is 0. The Morgan fingerprint density at radius 3 is 2.40 bits per heavy atom. The Bertz CT molecular complexity index is 499. The molecule has 20 heavy (non-hydrogen) atoms. The lowest BCUT2D eigenvalue weighted by Crippen LogP contribution is -2.17. The van der Waals surface area contributed by atoms with Gasteiger partial charge in [-0.3, -0.25) is 9.59 Å². The van der Waals surface area contributed by atoms with Gasteiger partial charge in [-0.25, -0.2) is 0 Å². The van der Waals surface area contributed by atoms with Crippen molar-refractivity contribution in [1.82, 2.24) is 0 Å². The van der Waals surface area contributed by atoms with Gasteiger partial charge in [0.05, 0.1) is 17.4 Å². The average Bonchev–Trinajstić information content (AvgIpc) is 2.33. The van der Waals surface area contributed by atoms with Crippen LogP contribution in [0.3, 0.4) is 0 Å². The highest BCUT2D eigenvalue weighted by molar-refractivity contribution is 9.11. The van der Waals surface area contributed by atoms with Crippen LogP contribution in [0, 0.1) is 12.8 Å². The molecular weight excluding hydrogens is 410 g/mol. The summed E-state index contributed by atoms with van der Waals surface area (Å²) in [4.78, 5) is 22.5. The first kappa shape index (κ1) is 17.5. The molecule has 2 N–H and O–H groups in total. The molecule has 0 radical (unpaired) electrons. The molecule has 1 aromatic rings. The van der Waals surface area contributed by atoms with E-state index in [0.717, 1.165) is 14.5 Å². The number of aliphatic carboxylic acids is 1. The number of hydrogen-bond donors (Lipinski definition) is 2. The van der Waals surface area contributed by atoms with Crippen molar-refractivity contribution in [2.75, 3.05) is 16.8 Å². The number of aryl methyl sites for hydroxylation is 1. The highest BCUT2D eigenvalue weighted by Crippen LogP contribution is 2.32. The fourth-order valence-electron chi connectivity index (χ4n) is 1.39. The lowest BCUT2D eigenvalue weighted by atomic mass is 10.2. The van der Waals surface area contributed by atoms with Crippen LogP contribution >= 0.6 is 43.6 Å². The molecule has 0 aliphatic rings. The number of anilines is 1. The van der Waals surface area contributed by atoms with Crippen molar-refractivity contribution in [2.24, 2.45) is 5.92 Å². The van der Waals surface area contributed by atoms with Crippen LogP contribution in [0.5, 0.6) is 0 Å². The summed E-state index contributed by atoms with van der Waals surface area (Å²) in [6.45, 7) is 3.59. The van der Waals surface area contributed by atoms with Crippen LogP contribution in [0.1, 0.15) is 12.5 Å². The van der Waals surface area contributed by atoms with Crippen LogP contribution in [0.2, 0.25) is 0 Å². The number of hydrogen-bond acceptors (Lipinski definition) is 3. The van der Waals surface area contributed by atoms with Crippen LogP contribution in [0.15, 0.2) is 21.1 Å². The van der Waals surface area contributed by atoms with E-state index in [1.165, 1.54) is 11.8 Å². The van der Waals surface area contributed by atoms with Crippen LogP contribution in [-0.4, -0.2) is 28.5 Å². The molecule has 0 heterocycles. The molecule has 0 aliphatic heterocycles. The quantitative estimate of drug-likeness (QED) is 0.726. The van der Waals surface area contributed by atoms with Gasteiger partial charge >= 0.3 is 5.97 Å². The number of halogens is 2. The lowest BCUT2D eigenvalue weighted by Gasteiger charge is -2.11. The summed E-state index contributed by atoms with van der Waals surface area (Å²) in [6, 6.07) is 3.83. The van der Waals surface area contributed by atoms with Gasteiger partial charge in [0.1, 0.15) is 0 Å². The molecule has 1 amide bonds. The zero-order chi connectivity index (χ0) is 15.3. The summed E-state index contributed by atoms with van der Waals surface area (Å²) in [5.74, 6) is -0.811. The summed E-state index contributed by atoms with van der Waals surface area (Å²) in [5, 5.41) is 11.6. The molecule has 110 valence electrons. The Labute approximate surface area is 139 Å². The Kier molecular flexibility index (Phi) is 7.05. The Balaban J connectivity index is 2.53. The maximum Gasteiger partial charge on any atom is 0.307 e. The number of carboxylic acid groups (broad SMARTS) is 1. The molecular formula is C13H15Br2NO3S. The van der Waals surface area contributed by atoms with Gasteiger partial charge < -0.3 is 10.4 Å². The predicted molar refractivity (Wildman–Crippen MR) is 89.3 cm³/mol. The molecule has 0 aromatic heterocycles. The van der Waals surface area contributed by atoms with Crippen LogP contribution < -0.4 is 5.32 Å². The molecule has 0 spiro atoms. The lowest BCUT2D eigenvalue weighted by molar-refractivity contribution is -0.140. The van der Waals surface area contributed by atoms with Gasteiger partial charge in [-0.2, -0.15) is 11.8 Å². The van der Waals surface area contributed by atoms with Crippen molar-refractivity contribution in [3.8, 4) is 0 Å². The Morgan fingerprint density at radius 2 is 1.90 bits per heavy atom. The average molecular weight is 425 g/mol. The summed E-state index contributed by atoms with van der Waals surface area (Å²) in [6.07, 6.45) is 0. The minimum Gasteiger partial charge on any atom is -0.481 e. The van der Waals surface area contributed by atoms with Crippen molar-refractivity contribution in [2.45, 2.75) is 13.8 Å². The van der Waals surface area contributed by atoms with Gasteiger partial charge in [0.2, 0.25) is 5.91 Å². The molecule has 0 aliphatic carbocycles. The molecule has 0 bridgehead atoms. The van der Waals surface area contributed by atoms with E-state index in [1.807, 2.05) is 19.1 Å². The number of benzene rings is 1. The number of amides is 1. The van der Waals surface area contributed by atoms with Gasteiger partial charge in [0.15, 0.2) is 0 Å². The van der Waals surface area contributed by atoms with Crippen molar-refractivity contribution in [3.63, 3.8) is 0 Å². The molecule has 4 nitrogen and oxygen atoms in total. The van der Waals surface area contributed by atoms with Crippen molar-refractivity contribution in [1.29, 1.82) is 0 Å². The largest absolute Gasteiger partial charge is 0.481 e. The van der Waals surface area contributed by atoms with Gasteiger partial charge in [-0.15, -0.1) is 0 Å². The highest BCUT2D eigenvalue weighted by atomic mass is 79.9. The number of carboxylic acids is 1. The van der Waals surface area contributed by atoms with Crippen molar-refractivity contribution in [3.05, 3.63) is 26.6 Å². The molecule has 1 aromatic carbocycles. The molecule has 0 saturated carbocycles. The van der Waals surface area contributed by atoms with Gasteiger partial charge in [-0.1, -0.05) is 6.92 Å². The van der Waals surface area contributed by atoms with E-state index in [0.29, 0.717) is 11.4 Å². The fraction of sp³-hybridized carbons (Fsp3) is 0.385.